The van der Waals surface area contributed by atoms with Crippen molar-refractivity contribution in [3.8, 4) is 0 Å². The molecule has 5 heteroatoms. The van der Waals surface area contributed by atoms with Crippen molar-refractivity contribution >= 4 is 17.7 Å². The van der Waals surface area contributed by atoms with Crippen molar-refractivity contribution in [2.75, 3.05) is 0 Å². The van der Waals surface area contributed by atoms with Crippen LogP contribution in [-0.4, -0.2) is 29.9 Å². The van der Waals surface area contributed by atoms with Gasteiger partial charge in [-0.15, -0.1) is 0 Å². The van der Waals surface area contributed by atoms with Gasteiger partial charge in [0.15, 0.2) is 11.9 Å². The van der Waals surface area contributed by atoms with Crippen LogP contribution in [0, 0.1) is 0 Å². The largest absolute Gasteiger partial charge is 0.458 e. The van der Waals surface area contributed by atoms with Gasteiger partial charge in [-0.1, -0.05) is 0 Å². The Morgan fingerprint density at radius 3 is 2.40 bits per heavy atom. The Bertz CT molecular complexity index is 318. The third-order valence-electron chi connectivity index (χ3n) is 1.86. The van der Waals surface area contributed by atoms with Crippen LogP contribution >= 0.6 is 0 Å². The predicted octanol–water partition coefficient (Wildman–Crippen LogP) is 0.379. The fraction of sp³-hybridized carbons (Fsp3) is 0.500. The van der Waals surface area contributed by atoms with Gasteiger partial charge in [-0.2, -0.15) is 0 Å². The quantitative estimate of drug-likeness (QED) is 0.619. The summed E-state index contributed by atoms with van der Waals surface area (Å²) in [4.78, 5) is 32.6. The molecule has 1 rings (SSSR count). The van der Waals surface area contributed by atoms with Gasteiger partial charge >= 0.3 is 11.9 Å². The molecule has 0 bridgehead atoms. The second-order valence-corrected chi connectivity index (χ2v) is 3.24. The first-order valence-corrected chi connectivity index (χ1v) is 4.55. The molecule has 0 N–H and O–H groups in total. The molecule has 0 saturated carbocycles. The van der Waals surface area contributed by atoms with Gasteiger partial charge in [-0.3, -0.25) is 14.4 Å². The lowest BCUT2D eigenvalue weighted by Crippen LogP contribution is -2.34. The molecule has 0 aromatic rings. The van der Waals surface area contributed by atoms with Gasteiger partial charge in [0.2, 0.25) is 0 Å². The van der Waals surface area contributed by atoms with E-state index in [-0.39, 0.29) is 12.2 Å². The molecule has 0 amide bonds. The number of ketones is 1. The summed E-state index contributed by atoms with van der Waals surface area (Å²) in [6, 6.07) is 0. The highest BCUT2D eigenvalue weighted by atomic mass is 16.6. The van der Waals surface area contributed by atoms with Gasteiger partial charge < -0.3 is 9.47 Å². The predicted molar refractivity (Wildman–Crippen MR) is 49.9 cm³/mol. The average Bonchev–Trinajstić information content (AvgIpc) is 2.09. The van der Waals surface area contributed by atoms with Crippen LogP contribution in [-0.2, 0) is 23.9 Å². The monoisotopic (exact) mass is 212 g/mol. The van der Waals surface area contributed by atoms with Gasteiger partial charge in [0.05, 0.1) is 0 Å². The SMILES string of the molecule is CC(=O)O[C@@H]1C=CC(=O)[C@@H](OC(C)=O)C1. The van der Waals surface area contributed by atoms with Crippen LogP contribution in [0.25, 0.3) is 0 Å². The van der Waals surface area contributed by atoms with Crippen LogP contribution in [0.15, 0.2) is 12.2 Å². The molecule has 0 fully saturated rings. The number of ether oxygens (including phenoxy) is 2. The molecule has 0 unspecified atom stereocenters. The Kier molecular flexibility index (Phi) is 3.60. The number of carbonyl (C=O) groups excluding carboxylic acids is 3. The van der Waals surface area contributed by atoms with Crippen molar-refractivity contribution < 1.29 is 23.9 Å². The molecule has 0 aromatic heterocycles. The molecule has 82 valence electrons. The molecule has 0 saturated heterocycles. The number of hydrogen-bond donors (Lipinski definition) is 0. The molecular formula is C10H12O5. The second kappa shape index (κ2) is 4.72. The van der Waals surface area contributed by atoms with Gasteiger partial charge in [-0.25, -0.2) is 0 Å². The number of esters is 2. The summed E-state index contributed by atoms with van der Waals surface area (Å²) in [5.41, 5.74) is 0. The van der Waals surface area contributed by atoms with E-state index in [1.165, 1.54) is 26.0 Å². The van der Waals surface area contributed by atoms with Crippen LogP contribution in [0.1, 0.15) is 20.3 Å². The first kappa shape index (κ1) is 11.4. The summed E-state index contributed by atoms with van der Waals surface area (Å²) in [6.45, 7) is 2.51. The lowest BCUT2D eigenvalue weighted by molar-refractivity contribution is -0.156. The van der Waals surface area contributed by atoms with Gasteiger partial charge in [0, 0.05) is 20.3 Å². The van der Waals surface area contributed by atoms with Crippen LogP contribution in [0.3, 0.4) is 0 Å². The molecule has 0 radical (unpaired) electrons. The molecule has 15 heavy (non-hydrogen) atoms. The number of carbonyl (C=O) groups is 3. The smallest absolute Gasteiger partial charge is 0.303 e. The van der Waals surface area contributed by atoms with Crippen molar-refractivity contribution in [2.24, 2.45) is 0 Å². The normalized spacial score (nSPS) is 24.8. The maximum atomic E-state index is 11.3. The fourth-order valence-electron chi connectivity index (χ4n) is 1.32. The van der Waals surface area contributed by atoms with E-state index < -0.39 is 24.1 Å². The molecule has 0 spiro atoms. The fourth-order valence-corrected chi connectivity index (χ4v) is 1.32. The number of rotatable bonds is 2. The van der Waals surface area contributed by atoms with Gasteiger partial charge in [-0.05, 0) is 12.2 Å². The summed E-state index contributed by atoms with van der Waals surface area (Å²) >= 11 is 0. The van der Waals surface area contributed by atoms with E-state index in [9.17, 15) is 14.4 Å². The maximum Gasteiger partial charge on any atom is 0.303 e. The van der Waals surface area contributed by atoms with Crippen molar-refractivity contribution in [1.29, 1.82) is 0 Å². The highest BCUT2D eigenvalue weighted by Crippen LogP contribution is 2.15. The van der Waals surface area contributed by atoms with E-state index in [1.807, 2.05) is 0 Å². The van der Waals surface area contributed by atoms with E-state index in [0.717, 1.165) is 0 Å². The molecule has 0 heterocycles. The summed E-state index contributed by atoms with van der Waals surface area (Å²) in [5, 5.41) is 0. The van der Waals surface area contributed by atoms with Crippen molar-refractivity contribution in [3.05, 3.63) is 12.2 Å². The second-order valence-electron chi connectivity index (χ2n) is 3.24. The zero-order chi connectivity index (χ0) is 11.4. The minimum atomic E-state index is -0.836. The van der Waals surface area contributed by atoms with Gasteiger partial charge in [0.1, 0.15) is 6.10 Å². The Balaban J connectivity index is 2.61. The summed E-state index contributed by atoms with van der Waals surface area (Å²) in [7, 11) is 0. The van der Waals surface area contributed by atoms with Gasteiger partial charge in [0.25, 0.3) is 0 Å². The molecule has 5 nitrogen and oxygen atoms in total. The molecular weight excluding hydrogens is 200 g/mol. The highest BCUT2D eigenvalue weighted by molar-refractivity contribution is 5.95. The Hall–Kier alpha value is -1.65. The zero-order valence-electron chi connectivity index (χ0n) is 8.56. The van der Waals surface area contributed by atoms with E-state index in [4.69, 9.17) is 9.47 Å². The van der Waals surface area contributed by atoms with Crippen LogP contribution in [0.2, 0.25) is 0 Å². The third-order valence-corrected chi connectivity index (χ3v) is 1.86. The number of hydrogen-bond acceptors (Lipinski definition) is 5. The van der Waals surface area contributed by atoms with Crippen LogP contribution in [0.5, 0.6) is 0 Å². The van der Waals surface area contributed by atoms with E-state index in [2.05, 4.69) is 0 Å². The Morgan fingerprint density at radius 2 is 1.87 bits per heavy atom. The molecule has 0 aromatic carbocycles. The highest BCUT2D eigenvalue weighted by Gasteiger charge is 2.28. The van der Waals surface area contributed by atoms with Crippen molar-refractivity contribution in [3.63, 3.8) is 0 Å². The molecule has 1 aliphatic rings. The molecule has 0 aliphatic heterocycles. The van der Waals surface area contributed by atoms with Crippen LogP contribution in [0.4, 0.5) is 0 Å². The summed E-state index contributed by atoms with van der Waals surface area (Å²) in [5.74, 6) is -1.24. The third kappa shape index (κ3) is 3.53. The van der Waals surface area contributed by atoms with E-state index in [0.29, 0.717) is 0 Å². The Morgan fingerprint density at radius 1 is 1.27 bits per heavy atom. The van der Waals surface area contributed by atoms with E-state index >= 15 is 0 Å². The zero-order valence-corrected chi connectivity index (χ0v) is 8.56. The summed E-state index contributed by atoms with van der Waals surface area (Å²) < 4.78 is 9.67. The summed E-state index contributed by atoms with van der Waals surface area (Å²) in [6.07, 6.45) is 1.62. The first-order chi connectivity index (χ1) is 6.99. The Labute approximate surface area is 87.0 Å². The van der Waals surface area contributed by atoms with Crippen LogP contribution < -0.4 is 0 Å². The topological polar surface area (TPSA) is 69.7 Å². The van der Waals surface area contributed by atoms with Crippen molar-refractivity contribution in [1.82, 2.24) is 0 Å². The molecule has 1 aliphatic carbocycles. The van der Waals surface area contributed by atoms with E-state index in [1.54, 1.807) is 0 Å². The van der Waals surface area contributed by atoms with Crippen molar-refractivity contribution in [2.45, 2.75) is 32.5 Å². The lowest BCUT2D eigenvalue weighted by atomic mass is 10.0. The average molecular weight is 212 g/mol. The maximum absolute atomic E-state index is 11.3. The lowest BCUT2D eigenvalue weighted by Gasteiger charge is -2.22. The standard InChI is InChI=1S/C10H12O5/c1-6(11)14-8-3-4-9(13)10(5-8)15-7(2)12/h3-4,8,10H,5H2,1-2H3/t8-,10+/m1/s1. The molecule has 2 atom stereocenters. The first-order valence-electron chi connectivity index (χ1n) is 4.55. The minimum absolute atomic E-state index is 0.189. The minimum Gasteiger partial charge on any atom is -0.458 e.